The minimum Gasteiger partial charge on any atom is -0.472 e. The highest BCUT2D eigenvalue weighted by molar-refractivity contribution is 5.84. The molecule has 198 valence electrons. The number of ether oxygens (including phenoxy) is 2. The van der Waals surface area contributed by atoms with Crippen LogP contribution in [0.2, 0.25) is 0 Å². The van der Waals surface area contributed by atoms with Crippen molar-refractivity contribution in [1.29, 1.82) is 0 Å². The number of hydrogen-bond acceptors (Lipinski definition) is 7. The third kappa shape index (κ3) is 6.14. The highest BCUT2D eigenvalue weighted by Gasteiger charge is 2.32. The Hall–Kier alpha value is -3.36. The predicted molar refractivity (Wildman–Crippen MR) is 144 cm³/mol. The summed E-state index contributed by atoms with van der Waals surface area (Å²) in [5, 5.41) is 9.16. The average Bonchev–Trinajstić information content (AvgIpc) is 3.45. The van der Waals surface area contributed by atoms with Gasteiger partial charge in [0.1, 0.15) is 11.7 Å². The number of benzene rings is 1. The van der Waals surface area contributed by atoms with Crippen LogP contribution in [0.25, 0.3) is 22.0 Å². The first-order chi connectivity index (χ1) is 17.6. The lowest BCUT2D eigenvalue weighted by Crippen LogP contribution is -2.36. The van der Waals surface area contributed by atoms with Gasteiger partial charge in [0, 0.05) is 43.8 Å². The molecule has 1 aliphatic carbocycles. The molecule has 0 radical (unpaired) electrons. The summed E-state index contributed by atoms with van der Waals surface area (Å²) in [5.74, 6) is 1.88. The molecule has 1 unspecified atom stereocenters. The largest absolute Gasteiger partial charge is 0.472 e. The van der Waals surface area contributed by atoms with Gasteiger partial charge >= 0.3 is 6.09 Å². The number of nitrogens with one attached hydrogen (secondary N) is 1. The van der Waals surface area contributed by atoms with Crippen molar-refractivity contribution in [2.75, 3.05) is 18.4 Å². The van der Waals surface area contributed by atoms with Crippen molar-refractivity contribution >= 4 is 22.9 Å². The number of carbonyl (C=O) groups excluding carboxylic acids is 1. The average molecular weight is 507 g/mol. The molecule has 3 aromatic rings. The van der Waals surface area contributed by atoms with E-state index in [9.17, 15) is 4.79 Å². The van der Waals surface area contributed by atoms with E-state index in [2.05, 4.69) is 28.4 Å². The monoisotopic (exact) mass is 506 g/mol. The Kier molecular flexibility index (Phi) is 6.96. The molecule has 9 nitrogen and oxygen atoms in total. The molecule has 1 N–H and O–H groups in total. The van der Waals surface area contributed by atoms with Gasteiger partial charge < -0.3 is 19.7 Å². The molecule has 5 rings (SSSR count). The van der Waals surface area contributed by atoms with Crippen LogP contribution in [0.15, 0.2) is 30.6 Å². The van der Waals surface area contributed by atoms with Crippen molar-refractivity contribution in [1.82, 2.24) is 24.6 Å². The van der Waals surface area contributed by atoms with E-state index in [0.717, 1.165) is 40.8 Å². The van der Waals surface area contributed by atoms with E-state index in [1.807, 2.05) is 57.0 Å². The molecular formula is C28H38N6O3. The number of carbonyl (C=O) groups is 1. The molecule has 1 aromatic carbocycles. The van der Waals surface area contributed by atoms with Crippen LogP contribution in [-0.2, 0) is 11.8 Å². The molecule has 0 bridgehead atoms. The molecule has 9 heteroatoms. The molecule has 1 aliphatic heterocycles. The van der Waals surface area contributed by atoms with E-state index < -0.39 is 5.60 Å². The van der Waals surface area contributed by atoms with Gasteiger partial charge in [-0.05, 0) is 64.0 Å². The van der Waals surface area contributed by atoms with Crippen LogP contribution >= 0.6 is 0 Å². The highest BCUT2D eigenvalue weighted by atomic mass is 16.6. The Labute approximate surface area is 218 Å². The molecule has 2 aliphatic rings. The first kappa shape index (κ1) is 25.3. The fourth-order valence-corrected chi connectivity index (χ4v) is 5.09. The molecule has 1 saturated carbocycles. The number of aromatic nitrogens is 4. The van der Waals surface area contributed by atoms with Crippen molar-refractivity contribution in [3.63, 3.8) is 0 Å². The summed E-state index contributed by atoms with van der Waals surface area (Å²) in [4.78, 5) is 23.8. The molecule has 0 spiro atoms. The second-order valence-electron chi connectivity index (χ2n) is 11.5. The zero-order valence-electron chi connectivity index (χ0n) is 22.5. The molecule has 1 amide bonds. The maximum Gasteiger partial charge on any atom is 0.410 e. The minimum atomic E-state index is -0.530. The van der Waals surface area contributed by atoms with Gasteiger partial charge in [0.15, 0.2) is 0 Å². The van der Waals surface area contributed by atoms with E-state index in [4.69, 9.17) is 14.5 Å². The second-order valence-corrected chi connectivity index (χ2v) is 11.5. The molecule has 1 saturated heterocycles. The van der Waals surface area contributed by atoms with Gasteiger partial charge in [-0.2, -0.15) is 10.1 Å². The minimum absolute atomic E-state index is 0.178. The van der Waals surface area contributed by atoms with E-state index in [1.165, 1.54) is 12.8 Å². The Bertz CT molecular complexity index is 1260. The Morgan fingerprint density at radius 3 is 2.68 bits per heavy atom. The number of rotatable bonds is 5. The standard InChI is InChI=1S/C28H38N6O3/c1-18-6-10-21(11-7-18)30-26-29-15-23(19-8-9-20-16-33(5)32-24(20)14-19)25(31-26)36-22-12-13-34(17-22)27(35)37-28(2,3)4/h8-9,14-16,18,21-22H,6-7,10-13,17H2,1-5H3,(H,29,30,31). The fraction of sp³-hybridized carbons (Fsp3) is 0.571. The first-order valence-electron chi connectivity index (χ1n) is 13.3. The number of anilines is 1. The summed E-state index contributed by atoms with van der Waals surface area (Å²) in [7, 11) is 1.92. The van der Waals surface area contributed by atoms with Crippen LogP contribution in [0.5, 0.6) is 5.88 Å². The van der Waals surface area contributed by atoms with Gasteiger partial charge in [-0.3, -0.25) is 4.68 Å². The van der Waals surface area contributed by atoms with Gasteiger partial charge in [-0.15, -0.1) is 0 Å². The number of amides is 1. The number of nitrogens with zero attached hydrogens (tertiary/aromatic N) is 5. The van der Waals surface area contributed by atoms with Gasteiger partial charge in [0.25, 0.3) is 0 Å². The molecule has 3 heterocycles. The molecule has 2 fully saturated rings. The molecule has 2 aromatic heterocycles. The number of hydrogen-bond donors (Lipinski definition) is 1. The highest BCUT2D eigenvalue weighted by Crippen LogP contribution is 2.33. The normalized spacial score (nSPS) is 22.3. The summed E-state index contributed by atoms with van der Waals surface area (Å²) in [6, 6.07) is 6.51. The van der Waals surface area contributed by atoms with Crippen molar-refractivity contribution in [2.24, 2.45) is 13.0 Å². The van der Waals surface area contributed by atoms with Crippen LogP contribution in [0.4, 0.5) is 10.7 Å². The van der Waals surface area contributed by atoms with E-state index in [0.29, 0.717) is 37.4 Å². The lowest BCUT2D eigenvalue weighted by Gasteiger charge is -2.27. The van der Waals surface area contributed by atoms with Crippen molar-refractivity contribution < 1.29 is 14.3 Å². The SMILES string of the molecule is CC1CCC(Nc2ncc(-c3ccc4cn(C)nc4c3)c(OC3CCN(C(=O)OC(C)(C)C)C3)n2)CC1. The Morgan fingerprint density at radius 2 is 1.92 bits per heavy atom. The third-order valence-electron chi connectivity index (χ3n) is 7.11. The zero-order valence-corrected chi connectivity index (χ0v) is 22.5. The Balaban J connectivity index is 1.38. The van der Waals surface area contributed by atoms with E-state index in [1.54, 1.807) is 4.90 Å². The van der Waals surface area contributed by atoms with E-state index in [-0.39, 0.29) is 12.2 Å². The quantitative estimate of drug-likeness (QED) is 0.494. The summed E-state index contributed by atoms with van der Waals surface area (Å²) >= 11 is 0. The van der Waals surface area contributed by atoms with Gasteiger partial charge in [0.05, 0.1) is 17.6 Å². The van der Waals surface area contributed by atoms with Crippen LogP contribution in [0.3, 0.4) is 0 Å². The lowest BCUT2D eigenvalue weighted by molar-refractivity contribution is 0.0275. The predicted octanol–water partition coefficient (Wildman–Crippen LogP) is 5.41. The summed E-state index contributed by atoms with van der Waals surface area (Å²) in [6.07, 6.45) is 8.72. The molecule has 37 heavy (non-hydrogen) atoms. The van der Waals surface area contributed by atoms with Crippen molar-refractivity contribution in [2.45, 2.75) is 77.5 Å². The number of likely N-dealkylation sites (tertiary alicyclic amines) is 1. The van der Waals surface area contributed by atoms with Crippen LogP contribution < -0.4 is 10.1 Å². The maximum atomic E-state index is 12.6. The van der Waals surface area contributed by atoms with E-state index >= 15 is 0 Å². The fourth-order valence-electron chi connectivity index (χ4n) is 5.09. The van der Waals surface area contributed by atoms with Gasteiger partial charge in [0.2, 0.25) is 11.8 Å². The number of aryl methyl sites for hydroxylation is 1. The maximum absolute atomic E-state index is 12.6. The third-order valence-corrected chi connectivity index (χ3v) is 7.11. The van der Waals surface area contributed by atoms with Crippen molar-refractivity contribution in [3.8, 4) is 17.0 Å². The summed E-state index contributed by atoms with van der Waals surface area (Å²) in [5.41, 5.74) is 2.13. The van der Waals surface area contributed by atoms with Gasteiger partial charge in [-0.25, -0.2) is 9.78 Å². The second kappa shape index (κ2) is 10.2. The first-order valence-corrected chi connectivity index (χ1v) is 13.3. The van der Waals surface area contributed by atoms with Gasteiger partial charge in [-0.1, -0.05) is 19.1 Å². The smallest absolute Gasteiger partial charge is 0.410 e. The van der Waals surface area contributed by atoms with Crippen LogP contribution in [0.1, 0.15) is 59.8 Å². The number of fused-ring (bicyclic) bond motifs is 1. The Morgan fingerprint density at radius 1 is 1.14 bits per heavy atom. The van der Waals surface area contributed by atoms with Crippen molar-refractivity contribution in [3.05, 3.63) is 30.6 Å². The topological polar surface area (TPSA) is 94.4 Å². The zero-order chi connectivity index (χ0) is 26.2. The van der Waals surface area contributed by atoms with Crippen LogP contribution in [-0.4, -0.2) is 61.6 Å². The molecule has 1 atom stereocenters. The van der Waals surface area contributed by atoms with Crippen LogP contribution in [0, 0.1) is 5.92 Å². The lowest BCUT2D eigenvalue weighted by atomic mass is 9.87. The molecular weight excluding hydrogens is 468 g/mol. The summed E-state index contributed by atoms with van der Waals surface area (Å²) < 4.78 is 13.8. The summed E-state index contributed by atoms with van der Waals surface area (Å²) in [6.45, 7) is 8.99.